The Bertz CT molecular complexity index is 292. The molecule has 2 rings (SSSR count). The van der Waals surface area contributed by atoms with Crippen molar-refractivity contribution >= 4 is 21.7 Å². The number of alkyl halides is 1. The van der Waals surface area contributed by atoms with Gasteiger partial charge in [-0.2, -0.15) is 0 Å². The first-order chi connectivity index (χ1) is 6.04. The first-order valence-electron chi connectivity index (χ1n) is 4.91. The minimum atomic E-state index is -0.184. The van der Waals surface area contributed by atoms with Crippen LogP contribution in [0.3, 0.4) is 0 Å². The third-order valence-corrected chi connectivity index (χ3v) is 5.00. The number of Topliss-reactive ketones (excluding diaryl/α,β-unsaturated/α-hetero) is 1. The predicted octanol–water partition coefficient (Wildman–Crippen LogP) is 3.23. The van der Waals surface area contributed by atoms with Crippen LogP contribution in [0.2, 0.25) is 0 Å². The molecule has 0 saturated heterocycles. The number of hydrogen-bond acceptors (Lipinski definition) is 1. The monoisotopic (exact) mass is 242 g/mol. The molecule has 1 saturated carbocycles. The van der Waals surface area contributed by atoms with Crippen molar-refractivity contribution in [2.24, 2.45) is 5.92 Å². The molecule has 2 aliphatic rings. The number of rotatable bonds is 0. The van der Waals surface area contributed by atoms with E-state index >= 15 is 0 Å². The first-order valence-corrected chi connectivity index (χ1v) is 5.71. The lowest BCUT2D eigenvalue weighted by molar-refractivity contribution is -0.119. The van der Waals surface area contributed by atoms with Crippen LogP contribution in [0.25, 0.3) is 0 Å². The maximum Gasteiger partial charge on any atom is 0.150 e. The Kier molecular flexibility index (Phi) is 2.14. The van der Waals surface area contributed by atoms with E-state index < -0.39 is 0 Å². The Labute approximate surface area is 87.7 Å². The molecule has 2 heteroatoms. The summed E-state index contributed by atoms with van der Waals surface area (Å²) in [6, 6.07) is 0. The second-order valence-corrected chi connectivity index (χ2v) is 5.88. The van der Waals surface area contributed by atoms with Crippen molar-refractivity contribution in [2.75, 3.05) is 0 Å². The number of carbonyl (C=O) groups is 1. The highest BCUT2D eigenvalue weighted by atomic mass is 79.9. The number of halogens is 1. The van der Waals surface area contributed by atoms with Crippen LogP contribution in [0.15, 0.2) is 11.1 Å². The molecule has 0 aromatic carbocycles. The summed E-state index contributed by atoms with van der Waals surface area (Å²) in [4.78, 5) is 11.7. The molecule has 72 valence electrons. The molecule has 0 aromatic heterocycles. The van der Waals surface area contributed by atoms with Gasteiger partial charge in [-0.3, -0.25) is 4.79 Å². The Morgan fingerprint density at radius 1 is 1.38 bits per heavy atom. The molecule has 0 aromatic rings. The minimum absolute atomic E-state index is 0.184. The van der Waals surface area contributed by atoms with Gasteiger partial charge >= 0.3 is 0 Å². The fraction of sp³-hybridized carbons (Fsp3) is 0.727. The van der Waals surface area contributed by atoms with Crippen LogP contribution in [0.1, 0.15) is 39.5 Å². The van der Waals surface area contributed by atoms with E-state index in [1.807, 2.05) is 0 Å². The lowest BCUT2D eigenvalue weighted by atomic mass is 9.78. The summed E-state index contributed by atoms with van der Waals surface area (Å²) < 4.78 is -0.184. The van der Waals surface area contributed by atoms with Crippen molar-refractivity contribution in [1.82, 2.24) is 0 Å². The van der Waals surface area contributed by atoms with Crippen LogP contribution in [0.5, 0.6) is 0 Å². The molecule has 0 N–H and O–H groups in total. The standard InChI is InChI=1S/C11H15BrO/c1-7-5-9-3-4-10(13)11(9,12)6-8(7)2/h9H,3-6H2,1-2H3/t9-,11-/m0/s1. The van der Waals surface area contributed by atoms with Crippen molar-refractivity contribution in [3.63, 3.8) is 0 Å². The van der Waals surface area contributed by atoms with Crippen LogP contribution in [0, 0.1) is 5.92 Å². The summed E-state index contributed by atoms with van der Waals surface area (Å²) in [6.07, 6.45) is 3.90. The van der Waals surface area contributed by atoms with Gasteiger partial charge in [0.1, 0.15) is 5.78 Å². The second kappa shape index (κ2) is 2.94. The zero-order valence-electron chi connectivity index (χ0n) is 8.19. The molecule has 0 spiro atoms. The van der Waals surface area contributed by atoms with Gasteiger partial charge in [0, 0.05) is 6.42 Å². The van der Waals surface area contributed by atoms with Crippen LogP contribution >= 0.6 is 15.9 Å². The quantitative estimate of drug-likeness (QED) is 0.471. The molecule has 0 aliphatic heterocycles. The predicted molar refractivity (Wildman–Crippen MR) is 57.0 cm³/mol. The van der Waals surface area contributed by atoms with Gasteiger partial charge < -0.3 is 0 Å². The summed E-state index contributed by atoms with van der Waals surface area (Å²) in [5.74, 6) is 0.980. The smallest absolute Gasteiger partial charge is 0.150 e. The summed E-state index contributed by atoms with van der Waals surface area (Å²) in [5, 5.41) is 0. The van der Waals surface area contributed by atoms with Crippen molar-refractivity contribution < 1.29 is 4.79 Å². The number of allylic oxidation sites excluding steroid dienone is 2. The van der Waals surface area contributed by atoms with Crippen molar-refractivity contribution in [3.8, 4) is 0 Å². The topological polar surface area (TPSA) is 17.1 Å². The zero-order valence-corrected chi connectivity index (χ0v) is 9.78. The van der Waals surface area contributed by atoms with E-state index in [2.05, 4.69) is 29.8 Å². The zero-order chi connectivity index (χ0) is 9.64. The van der Waals surface area contributed by atoms with E-state index in [0.29, 0.717) is 11.7 Å². The summed E-state index contributed by atoms with van der Waals surface area (Å²) in [6.45, 7) is 4.35. The van der Waals surface area contributed by atoms with Crippen LogP contribution in [0.4, 0.5) is 0 Å². The molecule has 0 heterocycles. The average molecular weight is 243 g/mol. The van der Waals surface area contributed by atoms with E-state index in [1.165, 1.54) is 11.1 Å². The highest BCUT2D eigenvalue weighted by Crippen LogP contribution is 2.50. The van der Waals surface area contributed by atoms with Crippen molar-refractivity contribution in [1.29, 1.82) is 0 Å². The van der Waals surface area contributed by atoms with Gasteiger partial charge in [-0.1, -0.05) is 27.1 Å². The van der Waals surface area contributed by atoms with Crippen molar-refractivity contribution in [3.05, 3.63) is 11.1 Å². The van der Waals surface area contributed by atoms with E-state index in [-0.39, 0.29) is 4.32 Å². The molecule has 1 nitrogen and oxygen atoms in total. The minimum Gasteiger partial charge on any atom is -0.298 e. The number of fused-ring (bicyclic) bond motifs is 1. The highest BCUT2D eigenvalue weighted by Gasteiger charge is 2.49. The first kappa shape index (κ1) is 9.45. The summed E-state index contributed by atoms with van der Waals surface area (Å²) in [7, 11) is 0. The van der Waals surface area contributed by atoms with E-state index in [0.717, 1.165) is 25.7 Å². The van der Waals surface area contributed by atoms with Gasteiger partial charge in [0.15, 0.2) is 0 Å². The third kappa shape index (κ3) is 1.30. The van der Waals surface area contributed by atoms with E-state index in [9.17, 15) is 4.79 Å². The van der Waals surface area contributed by atoms with Crippen LogP contribution in [-0.2, 0) is 4.79 Å². The largest absolute Gasteiger partial charge is 0.298 e. The molecule has 0 amide bonds. The highest BCUT2D eigenvalue weighted by molar-refractivity contribution is 9.10. The maximum atomic E-state index is 11.7. The van der Waals surface area contributed by atoms with Gasteiger partial charge in [-0.15, -0.1) is 0 Å². The number of ketones is 1. The Balaban J connectivity index is 2.35. The molecule has 2 aliphatic carbocycles. The number of carbonyl (C=O) groups excluding carboxylic acids is 1. The lowest BCUT2D eigenvalue weighted by Gasteiger charge is -2.34. The molecular weight excluding hydrogens is 228 g/mol. The molecule has 2 atom stereocenters. The van der Waals surface area contributed by atoms with E-state index in [4.69, 9.17) is 0 Å². The van der Waals surface area contributed by atoms with Crippen LogP contribution < -0.4 is 0 Å². The summed E-state index contributed by atoms with van der Waals surface area (Å²) in [5.41, 5.74) is 2.90. The molecule has 1 fully saturated rings. The van der Waals surface area contributed by atoms with Gasteiger partial charge in [0.05, 0.1) is 4.32 Å². The Morgan fingerprint density at radius 2 is 2.08 bits per heavy atom. The van der Waals surface area contributed by atoms with Gasteiger partial charge in [-0.05, 0) is 39.0 Å². The molecule has 13 heavy (non-hydrogen) atoms. The molecular formula is C11H15BrO. The number of hydrogen-bond donors (Lipinski definition) is 0. The summed E-state index contributed by atoms with van der Waals surface area (Å²) >= 11 is 3.67. The van der Waals surface area contributed by atoms with Gasteiger partial charge in [-0.25, -0.2) is 0 Å². The molecule has 0 bridgehead atoms. The maximum absolute atomic E-state index is 11.7. The van der Waals surface area contributed by atoms with E-state index in [1.54, 1.807) is 0 Å². The average Bonchev–Trinajstić information content (AvgIpc) is 2.32. The fourth-order valence-electron chi connectivity index (χ4n) is 2.56. The lowest BCUT2D eigenvalue weighted by Crippen LogP contribution is -2.36. The Morgan fingerprint density at radius 3 is 2.77 bits per heavy atom. The van der Waals surface area contributed by atoms with Gasteiger partial charge in [0.2, 0.25) is 0 Å². The normalized spacial score (nSPS) is 39.6. The van der Waals surface area contributed by atoms with Crippen molar-refractivity contribution in [2.45, 2.75) is 43.9 Å². The van der Waals surface area contributed by atoms with Gasteiger partial charge in [0.25, 0.3) is 0 Å². The molecule has 0 radical (unpaired) electrons. The molecule has 0 unspecified atom stereocenters. The fourth-order valence-corrected chi connectivity index (χ4v) is 3.57. The second-order valence-electron chi connectivity index (χ2n) is 4.46. The SMILES string of the molecule is CC1=C(C)C[C@@]2(Br)C(=O)CC[C@H]2C1. The third-order valence-electron chi connectivity index (χ3n) is 3.63. The van der Waals surface area contributed by atoms with Crippen LogP contribution in [-0.4, -0.2) is 10.1 Å². The Hall–Kier alpha value is -0.110.